The number of nitrogens with one attached hydrogen (secondary N) is 1. The second kappa shape index (κ2) is 15.1. The highest BCUT2D eigenvalue weighted by Gasteiger charge is 2.38. The Hall–Kier alpha value is -4.92. The number of aryl methyl sites for hydroxylation is 1. The van der Waals surface area contributed by atoms with Crippen LogP contribution in [0.2, 0.25) is 0 Å². The molecule has 1 aromatic heterocycles. The summed E-state index contributed by atoms with van der Waals surface area (Å²) in [5, 5.41) is 2.56. The summed E-state index contributed by atoms with van der Waals surface area (Å²) in [4.78, 5) is 42.6. The van der Waals surface area contributed by atoms with Crippen LogP contribution in [0.5, 0.6) is 0 Å². The lowest BCUT2D eigenvalue weighted by atomic mass is 9.85. The monoisotopic (exact) mass is 761 g/mol. The number of hydrogen-bond acceptors (Lipinski definition) is 6. The fraction of sp³-hybridized carbons (Fsp3) is 0.410. The van der Waals surface area contributed by atoms with E-state index < -0.39 is 82.3 Å². The van der Waals surface area contributed by atoms with E-state index in [4.69, 9.17) is 9.47 Å². The molecule has 1 saturated heterocycles. The van der Waals surface area contributed by atoms with Gasteiger partial charge in [-0.3, -0.25) is 23.9 Å². The Bertz CT molecular complexity index is 2090. The van der Waals surface area contributed by atoms with E-state index in [1.807, 2.05) is 0 Å². The van der Waals surface area contributed by atoms with Crippen molar-refractivity contribution < 1.29 is 49.8 Å². The largest absolute Gasteiger partial charge is 0.489 e. The summed E-state index contributed by atoms with van der Waals surface area (Å²) >= 11 is 0. The number of ether oxygens (including phenoxy) is 2. The van der Waals surface area contributed by atoms with Crippen molar-refractivity contribution in [3.63, 3.8) is 0 Å². The lowest BCUT2D eigenvalue weighted by Crippen LogP contribution is -2.49. The molecule has 288 valence electrons. The van der Waals surface area contributed by atoms with E-state index in [-0.39, 0.29) is 68.1 Å². The van der Waals surface area contributed by atoms with Crippen LogP contribution < -0.4 is 10.9 Å². The SMILES string of the molecule is CCOC(=O)C[C@@H]1NC(=O)[C@@H](n2cc(CCN3CC(F)C3)c(C(F)(F)F)cc2=O)c2cc(ccc2F)COC2=C(CC(C)(F)C=C2)c2cc(C)c(F)c1c2. The molecular formula is C39H38F7N3O5. The van der Waals surface area contributed by atoms with Gasteiger partial charge in [0.15, 0.2) is 0 Å². The highest BCUT2D eigenvalue weighted by Crippen LogP contribution is 2.40. The van der Waals surface area contributed by atoms with Crippen LogP contribution in [-0.2, 0) is 38.3 Å². The third-order valence-electron chi connectivity index (χ3n) is 9.76. The van der Waals surface area contributed by atoms with E-state index in [1.54, 1.807) is 4.90 Å². The Kier molecular flexibility index (Phi) is 10.8. The number of pyridine rings is 1. The van der Waals surface area contributed by atoms with Crippen LogP contribution in [0.25, 0.3) is 5.57 Å². The molecule has 0 spiro atoms. The van der Waals surface area contributed by atoms with Gasteiger partial charge in [-0.1, -0.05) is 6.07 Å². The molecule has 1 amide bonds. The molecule has 6 rings (SSSR count). The number of amides is 1. The van der Waals surface area contributed by atoms with Gasteiger partial charge in [0.1, 0.15) is 41.9 Å². The van der Waals surface area contributed by atoms with Gasteiger partial charge < -0.3 is 14.8 Å². The van der Waals surface area contributed by atoms with Crippen LogP contribution in [-0.4, -0.2) is 59.4 Å². The van der Waals surface area contributed by atoms with Gasteiger partial charge in [-0.05, 0) is 85.9 Å². The topological polar surface area (TPSA) is 89.9 Å². The highest BCUT2D eigenvalue weighted by atomic mass is 19.4. The first-order chi connectivity index (χ1) is 25.4. The van der Waals surface area contributed by atoms with Crippen LogP contribution in [0.4, 0.5) is 30.7 Å². The standard InChI is InChI=1S/C39H38F7N3O5/c1-4-53-34(51)15-31-27-13-24(11-21(2)35(27)42)28-16-38(3,43)9-7-32(28)54-20-22-5-6-30(41)26(12-22)36(37(52)47-31)49-17-23(8-10-48-18-25(40)19-48)29(14-33(49)50)39(44,45)46/h5-7,9,11-14,17,25,31,36H,4,8,10,15-16,18-20H2,1-3H3,(H,47,52)/t31-,36-,38?/m0/s1. The number of carbonyl (C=O) groups excluding carboxylic acids is 2. The van der Waals surface area contributed by atoms with Crippen LogP contribution in [0.15, 0.2) is 65.3 Å². The van der Waals surface area contributed by atoms with Crippen molar-refractivity contribution in [1.29, 1.82) is 0 Å². The molecule has 0 radical (unpaired) electrons. The van der Waals surface area contributed by atoms with Crippen molar-refractivity contribution in [2.75, 3.05) is 26.2 Å². The number of esters is 1. The summed E-state index contributed by atoms with van der Waals surface area (Å²) in [5.41, 5.74) is -4.42. The van der Waals surface area contributed by atoms with E-state index in [0.29, 0.717) is 21.8 Å². The smallest absolute Gasteiger partial charge is 0.416 e. The van der Waals surface area contributed by atoms with Crippen molar-refractivity contribution in [2.24, 2.45) is 0 Å². The molecule has 3 aliphatic rings. The molecule has 3 atom stereocenters. The maximum absolute atomic E-state index is 16.1. The van der Waals surface area contributed by atoms with Crippen LogP contribution in [0.1, 0.15) is 77.7 Å². The van der Waals surface area contributed by atoms with E-state index in [9.17, 15) is 31.9 Å². The maximum atomic E-state index is 16.1. The number of fused-ring (bicyclic) bond motifs is 5. The van der Waals surface area contributed by atoms with Gasteiger partial charge in [-0.2, -0.15) is 13.2 Å². The Morgan fingerprint density at radius 3 is 2.52 bits per heavy atom. The predicted molar refractivity (Wildman–Crippen MR) is 184 cm³/mol. The summed E-state index contributed by atoms with van der Waals surface area (Å²) < 4.78 is 116. The van der Waals surface area contributed by atoms with Gasteiger partial charge in [-0.25, -0.2) is 17.6 Å². The zero-order chi connectivity index (χ0) is 39.1. The van der Waals surface area contributed by atoms with Crippen molar-refractivity contribution >= 4 is 17.4 Å². The Balaban J connectivity index is 1.55. The van der Waals surface area contributed by atoms with Gasteiger partial charge in [-0.15, -0.1) is 0 Å². The normalized spacial score (nSPS) is 22.1. The Morgan fingerprint density at radius 2 is 1.83 bits per heavy atom. The molecule has 1 fully saturated rings. The molecule has 4 bridgehead atoms. The molecule has 1 N–H and O–H groups in total. The zero-order valence-corrected chi connectivity index (χ0v) is 29.7. The lowest BCUT2D eigenvalue weighted by Gasteiger charge is -2.34. The summed E-state index contributed by atoms with van der Waals surface area (Å²) in [6.07, 6.45) is -3.66. The Labute approximate surface area is 306 Å². The number of nitrogens with zero attached hydrogens (tertiary/aromatic N) is 2. The lowest BCUT2D eigenvalue weighted by molar-refractivity contribution is -0.144. The summed E-state index contributed by atoms with van der Waals surface area (Å²) in [6, 6.07) is 3.19. The summed E-state index contributed by atoms with van der Waals surface area (Å²) in [5.74, 6) is -3.64. The number of carbonyl (C=O) groups is 2. The van der Waals surface area contributed by atoms with Crippen molar-refractivity contribution in [1.82, 2.24) is 14.8 Å². The summed E-state index contributed by atoms with van der Waals surface area (Å²) in [7, 11) is 0. The highest BCUT2D eigenvalue weighted by molar-refractivity contribution is 5.85. The minimum absolute atomic E-state index is 0.00414. The van der Waals surface area contributed by atoms with Crippen LogP contribution in [0, 0.1) is 18.6 Å². The van der Waals surface area contributed by atoms with Gasteiger partial charge in [0.2, 0.25) is 5.91 Å². The molecule has 0 saturated carbocycles. The number of likely N-dealkylation sites (tertiary alicyclic amines) is 1. The third-order valence-corrected chi connectivity index (χ3v) is 9.76. The first-order valence-corrected chi connectivity index (χ1v) is 17.4. The van der Waals surface area contributed by atoms with Gasteiger partial charge >= 0.3 is 12.1 Å². The van der Waals surface area contributed by atoms with E-state index in [1.165, 1.54) is 57.2 Å². The molecule has 54 heavy (non-hydrogen) atoms. The molecule has 1 aliphatic carbocycles. The quantitative estimate of drug-likeness (QED) is 0.207. The van der Waals surface area contributed by atoms with E-state index in [2.05, 4.69) is 5.32 Å². The fourth-order valence-corrected chi connectivity index (χ4v) is 7.02. The van der Waals surface area contributed by atoms with Crippen LogP contribution in [0.3, 0.4) is 0 Å². The molecule has 2 aliphatic heterocycles. The number of alkyl halides is 5. The van der Waals surface area contributed by atoms with E-state index in [0.717, 1.165) is 12.3 Å². The second-order valence-corrected chi connectivity index (χ2v) is 14.0. The molecule has 3 heterocycles. The Morgan fingerprint density at radius 1 is 1.09 bits per heavy atom. The number of aromatic nitrogens is 1. The number of benzene rings is 2. The molecule has 8 nitrogen and oxygen atoms in total. The second-order valence-electron chi connectivity index (χ2n) is 14.0. The average molecular weight is 762 g/mol. The predicted octanol–water partition coefficient (Wildman–Crippen LogP) is 6.98. The fourth-order valence-electron chi connectivity index (χ4n) is 7.02. The number of allylic oxidation sites excluding steroid dienone is 3. The van der Waals surface area contributed by atoms with E-state index >= 15 is 13.2 Å². The average Bonchev–Trinajstić information content (AvgIpc) is 3.07. The van der Waals surface area contributed by atoms with Gasteiger partial charge in [0.25, 0.3) is 5.56 Å². The minimum Gasteiger partial charge on any atom is -0.489 e. The molecule has 2 aromatic carbocycles. The van der Waals surface area contributed by atoms with Crippen molar-refractivity contribution in [3.05, 3.63) is 121 Å². The number of rotatable bonds is 7. The van der Waals surface area contributed by atoms with Crippen molar-refractivity contribution in [2.45, 2.75) is 76.7 Å². The summed E-state index contributed by atoms with van der Waals surface area (Å²) in [6.45, 7) is 4.05. The third kappa shape index (κ3) is 8.25. The number of hydrogen-bond donors (Lipinski definition) is 1. The maximum Gasteiger partial charge on any atom is 0.416 e. The first kappa shape index (κ1) is 38.8. The molecule has 3 aromatic rings. The van der Waals surface area contributed by atoms with Crippen LogP contribution >= 0.6 is 0 Å². The minimum atomic E-state index is -4.98. The van der Waals surface area contributed by atoms with Gasteiger partial charge in [0, 0.05) is 55.0 Å². The van der Waals surface area contributed by atoms with Gasteiger partial charge in [0.05, 0.1) is 24.6 Å². The first-order valence-electron chi connectivity index (χ1n) is 17.4. The number of halogens is 7. The molecular weight excluding hydrogens is 723 g/mol. The van der Waals surface area contributed by atoms with Crippen molar-refractivity contribution in [3.8, 4) is 0 Å². The zero-order valence-electron chi connectivity index (χ0n) is 29.7. The molecule has 15 heteroatoms. The molecule has 1 unspecified atom stereocenters.